The summed E-state index contributed by atoms with van der Waals surface area (Å²) in [6.45, 7) is 25.7. The first-order valence-electron chi connectivity index (χ1n) is 38.6. The van der Waals surface area contributed by atoms with Gasteiger partial charge in [0, 0.05) is 108 Å². The molecule has 1 fully saturated rings. The minimum absolute atomic E-state index is 0.0654. The number of nitrogens with one attached hydrogen (secondary N) is 3. The summed E-state index contributed by atoms with van der Waals surface area (Å²) in [5.41, 5.74) is 11.2. The lowest BCUT2D eigenvalue weighted by atomic mass is 10.1. The van der Waals surface area contributed by atoms with E-state index < -0.39 is 9.85 Å². The molecule has 2 unspecified atom stereocenters. The number of halogens is 1. The summed E-state index contributed by atoms with van der Waals surface area (Å²) in [6, 6.07) is 60.5. The van der Waals surface area contributed by atoms with E-state index in [2.05, 4.69) is 220 Å². The van der Waals surface area contributed by atoms with Gasteiger partial charge in [0.25, 0.3) is 11.4 Å². The second kappa shape index (κ2) is 44.2. The Morgan fingerprint density at radius 3 is 1.28 bits per heavy atom. The maximum atomic E-state index is 10.8. The van der Waals surface area contributed by atoms with Gasteiger partial charge in [-0.05, 0) is 163 Å². The molecule has 0 bridgehead atoms. The quantitative estimate of drug-likeness (QED) is 0.0116. The number of likely N-dealkylation sites (tertiary alicyclic amines) is 1. The van der Waals surface area contributed by atoms with Crippen molar-refractivity contribution in [3.63, 3.8) is 0 Å². The van der Waals surface area contributed by atoms with Gasteiger partial charge in [0.15, 0.2) is 0 Å². The molecule has 30 heteroatoms. The third-order valence-electron chi connectivity index (χ3n) is 18.8. The van der Waals surface area contributed by atoms with Crippen LogP contribution >= 0.6 is 35.5 Å². The number of amidine groups is 2. The lowest BCUT2D eigenvalue weighted by Crippen LogP contribution is -3.13. The van der Waals surface area contributed by atoms with E-state index in [0.717, 1.165) is 131 Å². The molecule has 1 saturated heterocycles. The van der Waals surface area contributed by atoms with Crippen molar-refractivity contribution in [2.75, 3.05) is 175 Å². The van der Waals surface area contributed by atoms with Gasteiger partial charge in [-0.1, -0.05) is 72.3 Å². The van der Waals surface area contributed by atoms with Crippen LogP contribution in [-0.4, -0.2) is 201 Å². The molecule has 11 rings (SSSR count). The number of hydrogen-bond donors (Lipinski definition) is 3. The average molecular weight is 1610 g/mol. The second-order valence-electron chi connectivity index (χ2n) is 30.5. The minimum atomic E-state index is -0.543. The predicted octanol–water partition coefficient (Wildman–Crippen LogP) is 17.9. The van der Waals surface area contributed by atoms with Crippen molar-refractivity contribution >= 4 is 115 Å². The molecule has 0 saturated carbocycles. The SMILES string of the molecule is CCN(CC[N+](C)(C)C)c1ccc(N=NC2N=C(c3ccccc3)NS2)c(C)c1.CCN(CC[N+](C)(C)C)c1ccc(N=NC2N=C(c3ccccc3)NS2)cc1.CCN(CC[N+](C)(C)C)c1ccc(N=Nc2ccc([N+](=O)[O-])cc2C#N)cc1.CCN(CC[NH+]1CCCCC1)c1ccc(N=Nc2ccc([N+](=O)[O-])cc2Cl)cc1. The highest BCUT2D eigenvalue weighted by molar-refractivity contribution is 7.99. The first-order chi connectivity index (χ1) is 54.6. The normalized spacial score (nSPS) is 15.0. The molecular weight excluding hydrogens is 1490 g/mol. The number of likely N-dealkylation sites (N-methyl/N-ethyl adjacent to an activating group) is 7. The highest BCUT2D eigenvalue weighted by Gasteiger charge is 2.23. The molecule has 8 aromatic rings. The van der Waals surface area contributed by atoms with Crippen LogP contribution in [0.2, 0.25) is 5.02 Å². The van der Waals surface area contributed by atoms with E-state index in [0.29, 0.717) is 22.7 Å². The monoisotopic (exact) mass is 1610 g/mol. The summed E-state index contributed by atoms with van der Waals surface area (Å²) in [4.78, 5) is 40.9. The van der Waals surface area contributed by atoms with Gasteiger partial charge in [-0.25, -0.2) is 9.98 Å². The number of aliphatic imine (C=N–C) groups is 2. The van der Waals surface area contributed by atoms with E-state index in [1.807, 2.05) is 115 Å². The standard InChI is InChI=1S/C22H31N6S.C21H26ClN5O2.C21H29N6S.C20H25N6O2/c1-6-27(14-15-28(3,4)5)19-12-13-20(17(2)16-19)24-25-22-23-21(26-29-22)18-10-8-7-9-11-18;1-2-26(15-14-25-12-4-3-5-13-25)18-8-6-17(7-9-18)23-24-21-11-10-19(27(28)29)16-20(21)22;1-5-26(15-16-27(2,3)4)19-13-11-18(12-14-19)23-24-21-22-20(25-28-21)17-9-7-6-8-10-17;1-5-24(12-13-26(2,3)4)18-8-6-17(7-9-18)22-23-20-11-10-19(25(27)28)14-16(20)15-21/h7-13,16,22H,6,14-15H2,1-5H3,(H,23,26);6-11,16H,2-5,12-15H2,1H3;6-14,21H,5,15-16H2,1-4H3,(H,22,25);6-11,14H,5,12-13H2,1-4H3/q+1;;2*+1/p+1. The van der Waals surface area contributed by atoms with E-state index in [4.69, 9.17) is 11.6 Å². The van der Waals surface area contributed by atoms with Gasteiger partial charge in [0.1, 0.15) is 29.1 Å². The zero-order valence-corrected chi connectivity index (χ0v) is 70.7. The van der Waals surface area contributed by atoms with Crippen molar-refractivity contribution < 1.29 is 28.2 Å². The Kier molecular flexibility index (Phi) is 34.5. The van der Waals surface area contributed by atoms with Crippen LogP contribution in [0, 0.1) is 38.5 Å². The first-order valence-corrected chi connectivity index (χ1v) is 40.8. The van der Waals surface area contributed by atoms with Crippen molar-refractivity contribution in [1.29, 1.82) is 5.26 Å². The third kappa shape index (κ3) is 29.7. The van der Waals surface area contributed by atoms with Crippen molar-refractivity contribution in [3.05, 3.63) is 236 Å². The molecule has 0 spiro atoms. The highest BCUT2D eigenvalue weighted by atomic mass is 35.5. The van der Waals surface area contributed by atoms with E-state index >= 15 is 0 Å². The lowest BCUT2D eigenvalue weighted by Gasteiger charge is -2.29. The smallest absolute Gasteiger partial charge is 0.271 e. The molecule has 114 heavy (non-hydrogen) atoms. The summed E-state index contributed by atoms with van der Waals surface area (Å²) in [5.74, 6) is 1.70. The molecule has 3 aliphatic heterocycles. The molecule has 0 aromatic heterocycles. The van der Waals surface area contributed by atoms with Gasteiger partial charge in [0.2, 0.25) is 11.0 Å². The molecule has 8 aromatic carbocycles. The highest BCUT2D eigenvalue weighted by Crippen LogP contribution is 2.34. The van der Waals surface area contributed by atoms with Crippen LogP contribution in [-0.2, 0) is 0 Å². The van der Waals surface area contributed by atoms with E-state index in [9.17, 15) is 25.5 Å². The number of rotatable bonds is 32. The molecular formula is C84H112ClN23O4S2+4. The molecule has 3 aliphatic rings. The zero-order chi connectivity index (χ0) is 82.2. The van der Waals surface area contributed by atoms with Crippen molar-refractivity contribution in [3.8, 4) is 6.07 Å². The van der Waals surface area contributed by atoms with Gasteiger partial charge in [-0.3, -0.25) is 20.2 Å². The fraction of sp³-hybridized carbons (Fsp3) is 0.393. The number of nitro groups is 2. The summed E-state index contributed by atoms with van der Waals surface area (Å²) in [5, 5.41) is 65.1. The molecule has 0 aliphatic carbocycles. The lowest BCUT2D eigenvalue weighted by molar-refractivity contribution is -0.903. The number of nitrogens with zero attached hydrogens (tertiary/aromatic N) is 20. The number of hydrogen-bond acceptors (Lipinski definition) is 23. The molecule has 3 heterocycles. The van der Waals surface area contributed by atoms with Gasteiger partial charge >= 0.3 is 0 Å². The molecule has 602 valence electrons. The number of quaternary nitrogens is 4. The molecule has 0 amide bonds. The van der Waals surface area contributed by atoms with Crippen LogP contribution in [0.25, 0.3) is 0 Å². The number of nitro benzene ring substituents is 2. The Balaban J connectivity index is 0.000000190. The van der Waals surface area contributed by atoms with Crippen LogP contribution in [0.4, 0.5) is 68.2 Å². The van der Waals surface area contributed by atoms with E-state index in [1.54, 1.807) is 4.90 Å². The topological polar surface area (TPSA) is 275 Å². The van der Waals surface area contributed by atoms with Crippen LogP contribution < -0.4 is 33.9 Å². The Morgan fingerprint density at radius 2 is 0.868 bits per heavy atom. The summed E-state index contributed by atoms with van der Waals surface area (Å²) < 4.78 is 9.28. The molecule has 0 radical (unpaired) electrons. The minimum Gasteiger partial charge on any atom is -0.366 e. The number of nitriles is 1. The Morgan fingerprint density at radius 1 is 0.482 bits per heavy atom. The van der Waals surface area contributed by atoms with Crippen molar-refractivity contribution in [1.82, 2.24) is 9.44 Å². The Hall–Kier alpha value is -10.6. The van der Waals surface area contributed by atoms with Gasteiger partial charge in [-0.2, -0.15) is 25.7 Å². The molecule has 2 atom stereocenters. The van der Waals surface area contributed by atoms with E-state index in [-0.39, 0.29) is 33.0 Å². The summed E-state index contributed by atoms with van der Waals surface area (Å²) in [7, 11) is 19.9. The van der Waals surface area contributed by atoms with Crippen molar-refractivity contribution in [2.24, 2.45) is 50.9 Å². The van der Waals surface area contributed by atoms with Gasteiger partial charge in [-0.15, -0.1) is 20.5 Å². The zero-order valence-electron chi connectivity index (χ0n) is 68.3. The number of aryl methyl sites for hydroxylation is 1. The van der Waals surface area contributed by atoms with Crippen molar-refractivity contribution in [2.45, 2.75) is 64.9 Å². The summed E-state index contributed by atoms with van der Waals surface area (Å²) >= 11 is 8.99. The maximum absolute atomic E-state index is 10.8. The largest absolute Gasteiger partial charge is 0.366 e. The third-order valence-corrected chi connectivity index (χ3v) is 20.5. The predicted molar refractivity (Wildman–Crippen MR) is 468 cm³/mol. The number of non-ortho nitro benzene ring substituents is 2. The van der Waals surface area contributed by atoms with Crippen LogP contribution in [0.1, 0.15) is 69.2 Å². The number of benzene rings is 8. The summed E-state index contributed by atoms with van der Waals surface area (Å²) in [6.07, 6.45) is 4.07. The maximum Gasteiger partial charge on any atom is 0.271 e. The van der Waals surface area contributed by atoms with Gasteiger partial charge < -0.3 is 47.4 Å². The fourth-order valence-electron chi connectivity index (χ4n) is 11.9. The molecule has 27 nitrogen and oxygen atoms in total. The fourth-order valence-corrected chi connectivity index (χ4v) is 13.4. The average Bonchev–Trinajstić information content (AvgIpc) is 1.55. The Labute approximate surface area is 686 Å². The molecule has 3 N–H and O–H groups in total. The number of azo groups is 4. The number of piperidine rings is 1. The number of anilines is 4. The van der Waals surface area contributed by atoms with Crippen LogP contribution in [0.5, 0.6) is 0 Å². The Bertz CT molecular complexity index is 4600. The van der Waals surface area contributed by atoms with Crippen LogP contribution in [0.3, 0.4) is 0 Å². The van der Waals surface area contributed by atoms with Gasteiger partial charge in [0.05, 0.1) is 172 Å². The van der Waals surface area contributed by atoms with Crippen LogP contribution in [0.15, 0.2) is 239 Å². The van der Waals surface area contributed by atoms with E-state index in [1.165, 1.54) is 116 Å². The first kappa shape index (κ1) is 89.0. The second-order valence-corrected chi connectivity index (χ2v) is 32.6.